The SMILES string of the molecule is COc1ccc(OCC2CN(C(=O)c3cc(F)c(F)c(F)c3F)CCO2)cc1. The van der Waals surface area contributed by atoms with Crippen LogP contribution in [0.3, 0.4) is 0 Å². The van der Waals surface area contributed by atoms with Gasteiger partial charge in [0.15, 0.2) is 23.3 Å². The molecule has 1 heterocycles. The summed E-state index contributed by atoms with van der Waals surface area (Å²) in [5, 5.41) is 0. The van der Waals surface area contributed by atoms with Gasteiger partial charge in [0.25, 0.3) is 5.91 Å². The first-order chi connectivity index (χ1) is 13.4. The van der Waals surface area contributed by atoms with Crippen LogP contribution in [0.2, 0.25) is 0 Å². The van der Waals surface area contributed by atoms with Gasteiger partial charge in [-0.15, -0.1) is 0 Å². The number of morpholine rings is 1. The summed E-state index contributed by atoms with van der Waals surface area (Å²) in [6.07, 6.45) is -0.530. The lowest BCUT2D eigenvalue weighted by molar-refractivity contribution is -0.0402. The lowest BCUT2D eigenvalue weighted by Crippen LogP contribution is -2.47. The van der Waals surface area contributed by atoms with Gasteiger partial charge in [-0.2, -0.15) is 0 Å². The molecule has 0 aromatic heterocycles. The zero-order valence-electron chi connectivity index (χ0n) is 14.9. The van der Waals surface area contributed by atoms with Crippen LogP contribution in [-0.2, 0) is 4.74 Å². The van der Waals surface area contributed by atoms with Crippen molar-refractivity contribution in [3.8, 4) is 11.5 Å². The van der Waals surface area contributed by atoms with Gasteiger partial charge in [-0.3, -0.25) is 4.79 Å². The molecule has 1 unspecified atom stereocenters. The number of hydrogen-bond acceptors (Lipinski definition) is 4. The van der Waals surface area contributed by atoms with Gasteiger partial charge in [-0.05, 0) is 30.3 Å². The molecule has 9 heteroatoms. The second-order valence-electron chi connectivity index (χ2n) is 6.08. The predicted octanol–water partition coefficient (Wildman–Crippen LogP) is 3.17. The summed E-state index contributed by atoms with van der Waals surface area (Å²) in [6.45, 7) is 0.355. The highest BCUT2D eigenvalue weighted by molar-refractivity contribution is 5.94. The average molecular weight is 399 g/mol. The molecule has 150 valence electrons. The van der Waals surface area contributed by atoms with E-state index in [0.717, 1.165) is 0 Å². The van der Waals surface area contributed by atoms with Crippen LogP contribution in [-0.4, -0.2) is 50.3 Å². The highest BCUT2D eigenvalue weighted by atomic mass is 19.2. The quantitative estimate of drug-likeness (QED) is 0.440. The third kappa shape index (κ3) is 4.19. The fourth-order valence-corrected chi connectivity index (χ4v) is 2.76. The third-order valence-corrected chi connectivity index (χ3v) is 4.25. The van der Waals surface area contributed by atoms with Crippen molar-refractivity contribution in [2.75, 3.05) is 33.4 Å². The summed E-state index contributed by atoms with van der Waals surface area (Å²) in [5.41, 5.74) is -0.867. The monoisotopic (exact) mass is 399 g/mol. The van der Waals surface area contributed by atoms with Crippen molar-refractivity contribution in [3.63, 3.8) is 0 Å². The molecule has 0 N–H and O–H groups in total. The molecule has 28 heavy (non-hydrogen) atoms. The number of rotatable bonds is 5. The number of ether oxygens (including phenoxy) is 3. The molecule has 5 nitrogen and oxygen atoms in total. The van der Waals surface area contributed by atoms with Crippen molar-refractivity contribution < 1.29 is 36.6 Å². The number of carbonyl (C=O) groups is 1. The molecule has 1 saturated heterocycles. The molecule has 0 saturated carbocycles. The van der Waals surface area contributed by atoms with E-state index in [9.17, 15) is 22.4 Å². The van der Waals surface area contributed by atoms with Gasteiger partial charge in [-0.1, -0.05) is 0 Å². The van der Waals surface area contributed by atoms with Gasteiger partial charge >= 0.3 is 0 Å². The summed E-state index contributed by atoms with van der Waals surface area (Å²) in [7, 11) is 1.54. The zero-order chi connectivity index (χ0) is 20.3. The Morgan fingerprint density at radius 2 is 1.79 bits per heavy atom. The first-order valence-electron chi connectivity index (χ1n) is 8.41. The van der Waals surface area contributed by atoms with Gasteiger partial charge in [-0.25, -0.2) is 17.6 Å². The second-order valence-corrected chi connectivity index (χ2v) is 6.08. The van der Waals surface area contributed by atoms with Gasteiger partial charge in [0, 0.05) is 6.54 Å². The number of benzene rings is 2. The van der Waals surface area contributed by atoms with Crippen molar-refractivity contribution >= 4 is 5.91 Å². The van der Waals surface area contributed by atoms with Gasteiger partial charge in [0.1, 0.15) is 24.2 Å². The maximum atomic E-state index is 13.9. The summed E-state index contributed by atoms with van der Waals surface area (Å²) >= 11 is 0. The topological polar surface area (TPSA) is 48.0 Å². The van der Waals surface area contributed by atoms with E-state index in [1.54, 1.807) is 31.4 Å². The lowest BCUT2D eigenvalue weighted by atomic mass is 10.1. The maximum Gasteiger partial charge on any atom is 0.257 e. The van der Waals surface area contributed by atoms with Crippen LogP contribution in [0.15, 0.2) is 30.3 Å². The maximum absolute atomic E-state index is 13.9. The molecule has 3 rings (SSSR count). The van der Waals surface area contributed by atoms with E-state index in [-0.39, 0.29) is 26.3 Å². The van der Waals surface area contributed by atoms with Gasteiger partial charge in [0.2, 0.25) is 0 Å². The molecule has 2 aromatic carbocycles. The lowest BCUT2D eigenvalue weighted by Gasteiger charge is -2.33. The van der Waals surface area contributed by atoms with Crippen LogP contribution in [0.5, 0.6) is 11.5 Å². The van der Waals surface area contributed by atoms with E-state index in [4.69, 9.17) is 14.2 Å². The molecule has 0 spiro atoms. The summed E-state index contributed by atoms with van der Waals surface area (Å²) in [4.78, 5) is 13.6. The van der Waals surface area contributed by atoms with E-state index in [1.165, 1.54) is 4.90 Å². The molecular weight excluding hydrogens is 382 g/mol. The van der Waals surface area contributed by atoms with Crippen molar-refractivity contribution in [3.05, 3.63) is 59.2 Å². The van der Waals surface area contributed by atoms with Crippen molar-refractivity contribution in [1.29, 1.82) is 0 Å². The van der Waals surface area contributed by atoms with Crippen LogP contribution in [0, 0.1) is 23.3 Å². The molecule has 0 bridgehead atoms. The Morgan fingerprint density at radius 3 is 2.46 bits per heavy atom. The highest BCUT2D eigenvalue weighted by Gasteiger charge is 2.30. The Balaban J connectivity index is 1.65. The third-order valence-electron chi connectivity index (χ3n) is 4.25. The summed E-state index contributed by atoms with van der Waals surface area (Å²) in [5.74, 6) is -7.05. The number of carbonyl (C=O) groups excluding carboxylic acids is 1. The first kappa shape index (κ1) is 19.9. The van der Waals surface area contributed by atoms with Crippen molar-refractivity contribution in [2.45, 2.75) is 6.10 Å². The minimum atomic E-state index is -2.02. The van der Waals surface area contributed by atoms with Crippen molar-refractivity contribution in [1.82, 2.24) is 4.90 Å². The number of hydrogen-bond donors (Lipinski definition) is 0. The largest absolute Gasteiger partial charge is 0.497 e. The molecule has 1 atom stereocenters. The van der Waals surface area contributed by atoms with Crippen LogP contribution < -0.4 is 9.47 Å². The first-order valence-corrected chi connectivity index (χ1v) is 8.41. The van der Waals surface area contributed by atoms with Crippen LogP contribution in [0.1, 0.15) is 10.4 Å². The van der Waals surface area contributed by atoms with Gasteiger partial charge < -0.3 is 19.1 Å². The van der Waals surface area contributed by atoms with E-state index < -0.39 is 40.8 Å². The standard InChI is InChI=1S/C19H17F4NO4/c1-26-11-2-4-12(5-3-11)28-10-13-9-24(6-7-27-13)19(25)14-8-15(20)17(22)18(23)16(14)21/h2-5,8,13H,6-7,9-10H2,1H3. The smallest absolute Gasteiger partial charge is 0.257 e. The second kappa shape index (κ2) is 8.47. The number of nitrogens with zero attached hydrogens (tertiary/aromatic N) is 1. The Kier molecular flexibility index (Phi) is 6.03. The minimum absolute atomic E-state index is 0.0229. The minimum Gasteiger partial charge on any atom is -0.497 e. The van der Waals surface area contributed by atoms with E-state index in [2.05, 4.69) is 0 Å². The predicted molar refractivity (Wildman–Crippen MR) is 90.4 cm³/mol. The Labute approximate surface area is 158 Å². The van der Waals surface area contributed by atoms with Crippen LogP contribution in [0.4, 0.5) is 17.6 Å². The van der Waals surface area contributed by atoms with Crippen molar-refractivity contribution in [2.24, 2.45) is 0 Å². The normalized spacial score (nSPS) is 16.8. The molecule has 1 aliphatic heterocycles. The van der Waals surface area contributed by atoms with Gasteiger partial charge in [0.05, 0.1) is 25.8 Å². The molecule has 1 amide bonds. The average Bonchev–Trinajstić information content (AvgIpc) is 2.73. The van der Waals surface area contributed by atoms with E-state index in [1.807, 2.05) is 0 Å². The molecule has 0 aliphatic carbocycles. The van der Waals surface area contributed by atoms with E-state index >= 15 is 0 Å². The zero-order valence-corrected chi connectivity index (χ0v) is 14.9. The summed E-state index contributed by atoms with van der Waals surface area (Å²) < 4.78 is 69.9. The van der Waals surface area contributed by atoms with Crippen LogP contribution in [0.25, 0.3) is 0 Å². The number of amides is 1. The molecule has 2 aromatic rings. The number of halogens is 4. The molecule has 1 fully saturated rings. The molecule has 0 radical (unpaired) electrons. The Hall–Kier alpha value is -2.81. The van der Waals surface area contributed by atoms with E-state index in [0.29, 0.717) is 17.6 Å². The fourth-order valence-electron chi connectivity index (χ4n) is 2.76. The Bertz CT molecular complexity index is 860. The molecular formula is C19H17F4NO4. The number of methoxy groups -OCH3 is 1. The fraction of sp³-hybridized carbons (Fsp3) is 0.316. The highest BCUT2D eigenvalue weighted by Crippen LogP contribution is 2.22. The molecule has 1 aliphatic rings. The van der Waals surface area contributed by atoms with Crippen LogP contribution >= 0.6 is 0 Å². The Morgan fingerprint density at radius 1 is 1.11 bits per heavy atom. The summed E-state index contributed by atoms with van der Waals surface area (Å²) in [6, 6.07) is 7.18.